The lowest BCUT2D eigenvalue weighted by atomic mass is 10.2. The first-order valence-corrected chi connectivity index (χ1v) is 6.82. The van der Waals surface area contributed by atoms with Gasteiger partial charge in [-0.2, -0.15) is 0 Å². The zero-order chi connectivity index (χ0) is 14.4. The van der Waals surface area contributed by atoms with Crippen LogP contribution >= 0.6 is 15.9 Å². The summed E-state index contributed by atoms with van der Waals surface area (Å²) in [5.41, 5.74) is 0.710. The Kier molecular flexibility index (Phi) is 5.12. The van der Waals surface area contributed by atoms with Gasteiger partial charge >= 0.3 is 0 Å². The van der Waals surface area contributed by atoms with Crippen LogP contribution in [-0.2, 0) is 11.3 Å². The van der Waals surface area contributed by atoms with Crippen LogP contribution in [0.25, 0.3) is 0 Å². The van der Waals surface area contributed by atoms with Crippen LogP contribution in [0.15, 0.2) is 53.0 Å². The fraction of sp³-hybridized carbons (Fsp3) is 0.133. The van der Waals surface area contributed by atoms with Gasteiger partial charge in [-0.05, 0) is 42.0 Å². The molecule has 0 spiro atoms. The Morgan fingerprint density at radius 1 is 1.20 bits per heavy atom. The van der Waals surface area contributed by atoms with Crippen LogP contribution in [0.1, 0.15) is 5.56 Å². The van der Waals surface area contributed by atoms with Crippen LogP contribution in [-0.4, -0.2) is 12.5 Å². The smallest absolute Gasteiger partial charge is 0.258 e. The second kappa shape index (κ2) is 7.05. The Morgan fingerprint density at radius 2 is 1.95 bits per heavy atom. The summed E-state index contributed by atoms with van der Waals surface area (Å²) in [6, 6.07) is 13.3. The Morgan fingerprint density at radius 3 is 2.65 bits per heavy atom. The molecule has 0 aliphatic heterocycles. The number of amides is 1. The number of ether oxygens (including phenoxy) is 1. The molecule has 20 heavy (non-hydrogen) atoms. The summed E-state index contributed by atoms with van der Waals surface area (Å²) in [5, 5.41) is 2.67. The molecule has 0 bridgehead atoms. The van der Waals surface area contributed by atoms with Gasteiger partial charge in [-0.1, -0.05) is 28.1 Å². The van der Waals surface area contributed by atoms with Crippen molar-refractivity contribution in [2.75, 3.05) is 6.61 Å². The highest BCUT2D eigenvalue weighted by atomic mass is 79.9. The molecule has 2 aromatic rings. The summed E-state index contributed by atoms with van der Waals surface area (Å²) in [6.07, 6.45) is 0. The van der Waals surface area contributed by atoms with Crippen molar-refractivity contribution < 1.29 is 13.9 Å². The molecule has 0 heterocycles. The van der Waals surface area contributed by atoms with Crippen LogP contribution in [0, 0.1) is 5.82 Å². The number of hydrogen-bond acceptors (Lipinski definition) is 2. The predicted octanol–water partition coefficient (Wildman–Crippen LogP) is 3.28. The molecular formula is C15H13BrFNO2. The van der Waals surface area contributed by atoms with E-state index in [1.807, 2.05) is 12.1 Å². The minimum Gasteiger partial charge on any atom is -0.484 e. The van der Waals surface area contributed by atoms with E-state index in [1.54, 1.807) is 24.3 Å². The Labute approximate surface area is 124 Å². The summed E-state index contributed by atoms with van der Waals surface area (Å²) in [5.74, 6) is 0.0501. The third kappa shape index (κ3) is 4.66. The molecule has 0 aliphatic carbocycles. The first-order valence-electron chi connectivity index (χ1n) is 6.03. The van der Waals surface area contributed by atoms with Crippen molar-refractivity contribution in [2.24, 2.45) is 0 Å². The number of benzene rings is 2. The Balaban J connectivity index is 1.77. The predicted molar refractivity (Wildman–Crippen MR) is 77.9 cm³/mol. The zero-order valence-electron chi connectivity index (χ0n) is 10.6. The van der Waals surface area contributed by atoms with Crippen molar-refractivity contribution in [1.82, 2.24) is 5.32 Å². The van der Waals surface area contributed by atoms with E-state index in [2.05, 4.69) is 21.2 Å². The molecule has 0 fully saturated rings. The zero-order valence-corrected chi connectivity index (χ0v) is 12.2. The number of nitrogens with one attached hydrogen (secondary N) is 1. The van der Waals surface area contributed by atoms with Gasteiger partial charge in [0.1, 0.15) is 11.6 Å². The summed E-state index contributed by atoms with van der Waals surface area (Å²) < 4.78 is 19.2. The fourth-order valence-corrected chi connectivity index (χ4v) is 1.84. The summed E-state index contributed by atoms with van der Waals surface area (Å²) in [7, 11) is 0. The molecule has 0 atom stereocenters. The fourth-order valence-electron chi connectivity index (χ4n) is 1.58. The molecule has 3 nitrogen and oxygen atoms in total. The van der Waals surface area contributed by atoms with Crippen molar-refractivity contribution in [3.63, 3.8) is 0 Å². The third-order valence-corrected chi connectivity index (χ3v) is 3.09. The molecule has 0 radical (unpaired) electrons. The molecule has 5 heteroatoms. The van der Waals surface area contributed by atoms with E-state index in [0.29, 0.717) is 11.3 Å². The maximum atomic E-state index is 13.0. The van der Waals surface area contributed by atoms with E-state index >= 15 is 0 Å². The van der Waals surface area contributed by atoms with E-state index in [0.717, 1.165) is 4.47 Å². The largest absolute Gasteiger partial charge is 0.484 e. The third-order valence-electron chi connectivity index (χ3n) is 2.56. The molecule has 0 saturated heterocycles. The van der Waals surface area contributed by atoms with Crippen LogP contribution in [0.3, 0.4) is 0 Å². The minimum absolute atomic E-state index is 0.0725. The first-order chi connectivity index (χ1) is 9.63. The van der Waals surface area contributed by atoms with Crippen molar-refractivity contribution >= 4 is 21.8 Å². The molecule has 0 aliphatic rings. The van der Waals surface area contributed by atoms with E-state index in [1.165, 1.54) is 12.1 Å². The summed E-state index contributed by atoms with van der Waals surface area (Å²) in [6.45, 7) is 0.206. The van der Waals surface area contributed by atoms with Gasteiger partial charge in [-0.25, -0.2) is 4.39 Å². The number of carbonyl (C=O) groups excluding carboxylic acids is 1. The van der Waals surface area contributed by atoms with Crippen LogP contribution < -0.4 is 10.1 Å². The van der Waals surface area contributed by atoms with Crippen molar-refractivity contribution in [3.05, 3.63) is 64.4 Å². The monoisotopic (exact) mass is 337 g/mol. The highest BCUT2D eigenvalue weighted by molar-refractivity contribution is 9.10. The SMILES string of the molecule is O=C(COc1ccc(Br)cc1)NCc1cccc(F)c1. The summed E-state index contributed by atoms with van der Waals surface area (Å²) >= 11 is 3.32. The van der Waals surface area contributed by atoms with Gasteiger partial charge in [0.2, 0.25) is 0 Å². The first kappa shape index (κ1) is 14.5. The lowest BCUT2D eigenvalue weighted by Gasteiger charge is -2.07. The molecule has 2 aromatic carbocycles. The van der Waals surface area contributed by atoms with E-state index < -0.39 is 0 Å². The lowest BCUT2D eigenvalue weighted by Crippen LogP contribution is -2.28. The van der Waals surface area contributed by atoms with Crippen molar-refractivity contribution in [1.29, 1.82) is 0 Å². The van der Waals surface area contributed by atoms with Crippen LogP contribution in [0.5, 0.6) is 5.75 Å². The molecule has 0 saturated carbocycles. The lowest BCUT2D eigenvalue weighted by molar-refractivity contribution is -0.123. The van der Waals surface area contributed by atoms with E-state index in [4.69, 9.17) is 4.74 Å². The van der Waals surface area contributed by atoms with Gasteiger partial charge in [-0.15, -0.1) is 0 Å². The number of carbonyl (C=O) groups is 1. The quantitative estimate of drug-likeness (QED) is 0.909. The highest BCUT2D eigenvalue weighted by Gasteiger charge is 2.03. The molecular weight excluding hydrogens is 325 g/mol. The number of rotatable bonds is 5. The molecule has 0 aromatic heterocycles. The second-order valence-corrected chi connectivity index (χ2v) is 5.06. The van der Waals surface area contributed by atoms with Crippen LogP contribution in [0.4, 0.5) is 4.39 Å². The number of halogens is 2. The minimum atomic E-state index is -0.317. The maximum Gasteiger partial charge on any atom is 0.258 e. The molecule has 104 valence electrons. The maximum absolute atomic E-state index is 13.0. The van der Waals surface area contributed by atoms with Crippen molar-refractivity contribution in [2.45, 2.75) is 6.54 Å². The highest BCUT2D eigenvalue weighted by Crippen LogP contribution is 2.15. The van der Waals surface area contributed by atoms with Crippen molar-refractivity contribution in [3.8, 4) is 5.75 Å². The van der Waals surface area contributed by atoms with Crippen LogP contribution in [0.2, 0.25) is 0 Å². The molecule has 0 unspecified atom stereocenters. The van der Waals surface area contributed by atoms with E-state index in [9.17, 15) is 9.18 Å². The van der Waals surface area contributed by atoms with Gasteiger partial charge in [0.15, 0.2) is 6.61 Å². The van der Waals surface area contributed by atoms with Gasteiger partial charge in [-0.3, -0.25) is 4.79 Å². The van der Waals surface area contributed by atoms with Gasteiger partial charge < -0.3 is 10.1 Å². The molecule has 1 N–H and O–H groups in total. The number of hydrogen-bond donors (Lipinski definition) is 1. The van der Waals surface area contributed by atoms with Gasteiger partial charge in [0, 0.05) is 11.0 Å². The molecule has 2 rings (SSSR count). The second-order valence-electron chi connectivity index (χ2n) is 4.15. The van der Waals surface area contributed by atoms with Gasteiger partial charge in [0.25, 0.3) is 5.91 Å². The Hall–Kier alpha value is -1.88. The topological polar surface area (TPSA) is 38.3 Å². The Bertz CT molecular complexity index is 587. The van der Waals surface area contributed by atoms with E-state index in [-0.39, 0.29) is 24.9 Å². The summed E-state index contributed by atoms with van der Waals surface area (Å²) in [4.78, 5) is 11.6. The average Bonchev–Trinajstić information content (AvgIpc) is 2.45. The average molecular weight is 338 g/mol. The normalized spacial score (nSPS) is 10.1. The van der Waals surface area contributed by atoms with Gasteiger partial charge in [0.05, 0.1) is 0 Å². The standard InChI is InChI=1S/C15H13BrFNO2/c16-12-4-6-14(7-5-12)20-10-15(19)18-9-11-2-1-3-13(17)8-11/h1-8H,9-10H2,(H,18,19). The molecule has 1 amide bonds.